The molecule has 0 bridgehead atoms. The number of likely N-dealkylation sites (tertiary alicyclic amines) is 1. The van der Waals surface area contributed by atoms with Crippen LogP contribution in [0.1, 0.15) is 23.2 Å². The third-order valence-electron chi connectivity index (χ3n) is 6.14. The number of rotatable bonds is 4. The number of hydrogen-bond donors (Lipinski definition) is 0. The van der Waals surface area contributed by atoms with Gasteiger partial charge in [0.15, 0.2) is 0 Å². The van der Waals surface area contributed by atoms with Gasteiger partial charge in [-0.05, 0) is 55.3 Å². The number of hydrogen-bond acceptors (Lipinski definition) is 4. The second-order valence-electron chi connectivity index (χ2n) is 7.44. The van der Waals surface area contributed by atoms with Crippen LogP contribution in [0.2, 0.25) is 0 Å². The molecule has 2 fully saturated rings. The van der Waals surface area contributed by atoms with Crippen LogP contribution < -0.4 is 9.64 Å². The molecule has 2 aliphatic rings. The van der Waals surface area contributed by atoms with Crippen LogP contribution in [0.3, 0.4) is 0 Å². The van der Waals surface area contributed by atoms with Crippen LogP contribution >= 0.6 is 0 Å². The van der Waals surface area contributed by atoms with E-state index in [0.29, 0.717) is 18.7 Å². The van der Waals surface area contributed by atoms with E-state index in [4.69, 9.17) is 9.47 Å². The molecule has 1 amide bonds. The zero-order chi connectivity index (χ0) is 19.7. The summed E-state index contributed by atoms with van der Waals surface area (Å²) >= 11 is 0. The van der Waals surface area contributed by atoms with Gasteiger partial charge in [0.05, 0.1) is 18.8 Å². The van der Waals surface area contributed by atoms with Crippen LogP contribution in [-0.4, -0.2) is 56.3 Å². The first-order chi connectivity index (χ1) is 13.6. The van der Waals surface area contributed by atoms with Gasteiger partial charge in [0.25, 0.3) is 5.91 Å². The van der Waals surface area contributed by atoms with E-state index in [1.54, 1.807) is 50.6 Å². The number of ether oxygens (including phenoxy) is 2. The second-order valence-corrected chi connectivity index (χ2v) is 7.44. The minimum atomic E-state index is -0.236. The third kappa shape index (κ3) is 3.11. The number of carbonyl (C=O) groups excluding carboxylic acids is 1. The molecule has 0 radical (unpaired) electrons. The number of halogens is 1. The Bertz CT molecular complexity index is 847. The van der Waals surface area contributed by atoms with E-state index >= 15 is 0 Å². The maximum absolute atomic E-state index is 13.7. The van der Waals surface area contributed by atoms with Gasteiger partial charge in [-0.15, -0.1) is 0 Å². The molecule has 0 aliphatic carbocycles. The van der Waals surface area contributed by atoms with Crippen molar-refractivity contribution in [2.24, 2.45) is 0 Å². The summed E-state index contributed by atoms with van der Waals surface area (Å²) in [6, 6.07) is 13.9. The molecule has 1 spiro atoms. The molecule has 2 aliphatic heterocycles. The van der Waals surface area contributed by atoms with Crippen molar-refractivity contribution in [3.63, 3.8) is 0 Å². The second kappa shape index (κ2) is 7.43. The molecule has 2 aromatic carbocycles. The lowest BCUT2D eigenvalue weighted by atomic mass is 9.73. The Labute approximate surface area is 164 Å². The predicted molar refractivity (Wildman–Crippen MR) is 105 cm³/mol. The summed E-state index contributed by atoms with van der Waals surface area (Å²) in [5.74, 6) is 0.529. The molecule has 0 aromatic heterocycles. The fourth-order valence-corrected chi connectivity index (χ4v) is 4.48. The SMILES string of the molecule is COc1ccc(C(=O)N2CCC3(CC2)C(OC)CN3c2cccc(F)c2)cc1. The smallest absolute Gasteiger partial charge is 0.253 e. The molecule has 0 saturated carbocycles. The Morgan fingerprint density at radius 3 is 2.43 bits per heavy atom. The molecule has 28 heavy (non-hydrogen) atoms. The summed E-state index contributed by atoms with van der Waals surface area (Å²) in [7, 11) is 3.33. The molecular formula is C22H25FN2O3. The Balaban J connectivity index is 1.48. The van der Waals surface area contributed by atoms with Gasteiger partial charge in [-0.2, -0.15) is 0 Å². The Morgan fingerprint density at radius 1 is 1.11 bits per heavy atom. The highest BCUT2D eigenvalue weighted by molar-refractivity contribution is 5.94. The van der Waals surface area contributed by atoms with Crippen molar-refractivity contribution >= 4 is 11.6 Å². The lowest BCUT2D eigenvalue weighted by Crippen LogP contribution is -2.74. The van der Waals surface area contributed by atoms with Gasteiger partial charge >= 0.3 is 0 Å². The molecule has 6 heteroatoms. The van der Waals surface area contributed by atoms with Gasteiger partial charge in [0.2, 0.25) is 0 Å². The first-order valence-corrected chi connectivity index (χ1v) is 9.57. The summed E-state index contributed by atoms with van der Waals surface area (Å²) in [4.78, 5) is 17.0. The molecule has 1 atom stereocenters. The first-order valence-electron chi connectivity index (χ1n) is 9.57. The normalized spacial score (nSPS) is 20.8. The number of methoxy groups -OCH3 is 2. The maximum atomic E-state index is 13.7. The van der Waals surface area contributed by atoms with Crippen LogP contribution in [0.25, 0.3) is 0 Å². The summed E-state index contributed by atoms with van der Waals surface area (Å²) in [5, 5.41) is 0. The Morgan fingerprint density at radius 2 is 1.82 bits per heavy atom. The fraction of sp³-hybridized carbons (Fsp3) is 0.409. The predicted octanol–water partition coefficient (Wildman–Crippen LogP) is 3.34. The fourth-order valence-electron chi connectivity index (χ4n) is 4.48. The minimum absolute atomic E-state index is 0.0306. The van der Waals surface area contributed by atoms with Crippen molar-refractivity contribution in [2.75, 3.05) is 38.8 Å². The highest BCUT2D eigenvalue weighted by Crippen LogP contribution is 2.44. The van der Waals surface area contributed by atoms with E-state index in [9.17, 15) is 9.18 Å². The quantitative estimate of drug-likeness (QED) is 0.811. The monoisotopic (exact) mass is 384 g/mol. The lowest BCUT2D eigenvalue weighted by molar-refractivity contribution is -0.0433. The standard InChI is InChI=1S/C22H25FN2O3/c1-27-19-8-6-16(7-9-19)21(26)24-12-10-22(11-13-24)20(28-2)15-25(22)18-5-3-4-17(23)14-18/h3-9,14,20H,10-13,15H2,1-2H3. The largest absolute Gasteiger partial charge is 0.497 e. The van der Waals surface area contributed by atoms with Crippen molar-refractivity contribution in [3.05, 3.63) is 59.9 Å². The van der Waals surface area contributed by atoms with Crippen molar-refractivity contribution in [1.82, 2.24) is 4.90 Å². The number of anilines is 1. The van der Waals surface area contributed by atoms with Gasteiger partial charge in [-0.1, -0.05) is 6.07 Å². The van der Waals surface area contributed by atoms with E-state index in [1.807, 2.05) is 11.0 Å². The average molecular weight is 384 g/mol. The Hall–Kier alpha value is -2.60. The molecular weight excluding hydrogens is 359 g/mol. The molecule has 5 nitrogen and oxygen atoms in total. The van der Waals surface area contributed by atoms with Crippen LogP contribution in [0.5, 0.6) is 5.75 Å². The zero-order valence-electron chi connectivity index (χ0n) is 16.2. The van der Waals surface area contributed by atoms with Gasteiger partial charge < -0.3 is 19.3 Å². The molecule has 2 saturated heterocycles. The number of benzene rings is 2. The van der Waals surface area contributed by atoms with Crippen molar-refractivity contribution in [2.45, 2.75) is 24.5 Å². The van der Waals surface area contributed by atoms with Gasteiger partial charge in [-0.25, -0.2) is 4.39 Å². The third-order valence-corrected chi connectivity index (χ3v) is 6.14. The van der Waals surface area contributed by atoms with E-state index in [0.717, 1.165) is 30.8 Å². The molecule has 0 N–H and O–H groups in total. The summed E-state index contributed by atoms with van der Waals surface area (Å²) in [5.41, 5.74) is 1.36. The van der Waals surface area contributed by atoms with Crippen LogP contribution in [0.4, 0.5) is 10.1 Å². The first kappa shape index (κ1) is 18.7. The summed E-state index contributed by atoms with van der Waals surface area (Å²) < 4.78 is 24.6. The van der Waals surface area contributed by atoms with Crippen molar-refractivity contribution < 1.29 is 18.7 Å². The number of carbonyl (C=O) groups is 1. The number of nitrogens with zero attached hydrogens (tertiary/aromatic N) is 2. The van der Waals surface area contributed by atoms with E-state index in [1.165, 1.54) is 6.07 Å². The highest BCUT2D eigenvalue weighted by atomic mass is 19.1. The maximum Gasteiger partial charge on any atom is 0.253 e. The van der Waals surface area contributed by atoms with Crippen LogP contribution in [0, 0.1) is 5.82 Å². The van der Waals surface area contributed by atoms with Crippen LogP contribution in [0.15, 0.2) is 48.5 Å². The molecule has 2 aromatic rings. The van der Waals surface area contributed by atoms with E-state index < -0.39 is 0 Å². The van der Waals surface area contributed by atoms with Gasteiger partial charge in [0.1, 0.15) is 11.6 Å². The Kier molecular flexibility index (Phi) is 4.98. The average Bonchev–Trinajstić information content (AvgIpc) is 2.73. The minimum Gasteiger partial charge on any atom is -0.497 e. The lowest BCUT2D eigenvalue weighted by Gasteiger charge is -2.61. The zero-order valence-corrected chi connectivity index (χ0v) is 16.2. The molecule has 1 unspecified atom stereocenters. The number of piperidine rings is 1. The van der Waals surface area contributed by atoms with E-state index in [2.05, 4.69) is 4.90 Å². The van der Waals surface area contributed by atoms with E-state index in [-0.39, 0.29) is 23.4 Å². The molecule has 148 valence electrons. The summed E-state index contributed by atoms with van der Waals surface area (Å²) in [6.45, 7) is 2.04. The van der Waals surface area contributed by atoms with Gasteiger partial charge in [0, 0.05) is 38.0 Å². The number of amides is 1. The highest BCUT2D eigenvalue weighted by Gasteiger charge is 2.55. The van der Waals surface area contributed by atoms with Crippen LogP contribution in [-0.2, 0) is 4.74 Å². The van der Waals surface area contributed by atoms with Crippen molar-refractivity contribution in [3.8, 4) is 5.75 Å². The molecule has 2 heterocycles. The van der Waals surface area contributed by atoms with Gasteiger partial charge in [-0.3, -0.25) is 4.79 Å². The summed E-state index contributed by atoms with van der Waals surface area (Å²) in [6.07, 6.45) is 1.68. The topological polar surface area (TPSA) is 42.0 Å². The van der Waals surface area contributed by atoms with Crippen molar-refractivity contribution in [1.29, 1.82) is 0 Å². The molecule has 4 rings (SSSR count).